The minimum Gasteiger partial charge on any atom is -0.350 e. The van der Waals surface area contributed by atoms with E-state index in [1.54, 1.807) is 0 Å². The van der Waals surface area contributed by atoms with Crippen molar-refractivity contribution < 1.29 is 4.79 Å². The Morgan fingerprint density at radius 1 is 1.50 bits per heavy atom. The molecule has 1 amide bonds. The Bertz CT molecular complexity index is 455. The van der Waals surface area contributed by atoms with Gasteiger partial charge in [0.1, 0.15) is 0 Å². The predicted octanol–water partition coefficient (Wildman–Crippen LogP) is 3.49. The van der Waals surface area contributed by atoms with Gasteiger partial charge in [-0.3, -0.25) is 4.79 Å². The van der Waals surface area contributed by atoms with Crippen LogP contribution in [0.1, 0.15) is 29.6 Å². The van der Waals surface area contributed by atoms with Crippen molar-refractivity contribution in [1.82, 2.24) is 10.2 Å². The van der Waals surface area contributed by atoms with Gasteiger partial charge in [-0.25, -0.2) is 0 Å². The summed E-state index contributed by atoms with van der Waals surface area (Å²) in [5, 5.41) is 3.05. The van der Waals surface area contributed by atoms with E-state index < -0.39 is 0 Å². The van der Waals surface area contributed by atoms with Crippen LogP contribution in [-0.4, -0.2) is 37.0 Å². The molecule has 1 heterocycles. The van der Waals surface area contributed by atoms with E-state index in [0.29, 0.717) is 5.56 Å². The molecule has 0 aromatic carbocycles. The highest BCUT2D eigenvalue weighted by Crippen LogP contribution is 2.36. The predicted molar refractivity (Wildman–Crippen MR) is 82.3 cm³/mol. The van der Waals surface area contributed by atoms with E-state index in [-0.39, 0.29) is 11.4 Å². The van der Waals surface area contributed by atoms with Crippen molar-refractivity contribution >= 4 is 49.1 Å². The van der Waals surface area contributed by atoms with Crippen molar-refractivity contribution in [2.24, 2.45) is 0 Å². The quantitative estimate of drug-likeness (QED) is 0.846. The first kappa shape index (κ1) is 14.5. The zero-order valence-electron chi connectivity index (χ0n) is 10.4. The maximum absolute atomic E-state index is 12.1. The molecule has 0 spiro atoms. The van der Waals surface area contributed by atoms with E-state index in [9.17, 15) is 4.79 Å². The van der Waals surface area contributed by atoms with Gasteiger partial charge in [0.25, 0.3) is 5.91 Å². The fraction of sp³-hybridized carbons (Fsp3) is 0.583. The summed E-state index contributed by atoms with van der Waals surface area (Å²) in [6.45, 7) is 0.721. The molecule has 1 aromatic rings. The summed E-state index contributed by atoms with van der Waals surface area (Å²) in [5.41, 5.74) is 0.871. The zero-order valence-corrected chi connectivity index (χ0v) is 14.4. The Morgan fingerprint density at radius 2 is 2.17 bits per heavy atom. The molecule has 0 aliphatic heterocycles. The van der Waals surface area contributed by atoms with E-state index in [1.165, 1.54) is 17.8 Å². The third-order valence-corrected chi connectivity index (χ3v) is 6.05. The second kappa shape index (κ2) is 5.61. The molecule has 0 saturated heterocycles. The number of nitrogens with one attached hydrogen (secondary N) is 1. The summed E-state index contributed by atoms with van der Waals surface area (Å²) in [7, 11) is 4.17. The normalized spacial score (nSPS) is 17.6. The molecule has 0 radical (unpaired) electrons. The first-order valence-electron chi connectivity index (χ1n) is 5.85. The number of amides is 1. The molecule has 1 saturated carbocycles. The summed E-state index contributed by atoms with van der Waals surface area (Å²) in [6.07, 6.45) is 3.57. The van der Waals surface area contributed by atoms with Crippen LogP contribution in [0.5, 0.6) is 0 Å². The number of hydrogen-bond acceptors (Lipinski definition) is 3. The van der Waals surface area contributed by atoms with Gasteiger partial charge in [0, 0.05) is 12.1 Å². The molecular formula is C12H16Br2N2OS. The summed E-state index contributed by atoms with van der Waals surface area (Å²) in [5.74, 6) is -0.00282. The zero-order chi connectivity index (χ0) is 13.3. The third-order valence-electron chi connectivity index (χ3n) is 3.71. The minimum absolute atomic E-state index is 0.00282. The van der Waals surface area contributed by atoms with Crippen LogP contribution in [0.3, 0.4) is 0 Å². The summed E-state index contributed by atoms with van der Waals surface area (Å²) < 4.78 is 1.84. The largest absolute Gasteiger partial charge is 0.350 e. The van der Waals surface area contributed by atoms with Crippen molar-refractivity contribution in [3.8, 4) is 0 Å². The molecule has 1 aliphatic rings. The molecule has 1 N–H and O–H groups in total. The van der Waals surface area contributed by atoms with Gasteiger partial charge >= 0.3 is 0 Å². The van der Waals surface area contributed by atoms with Gasteiger partial charge in [-0.1, -0.05) is 0 Å². The average Bonchev–Trinajstić information content (AvgIpc) is 2.55. The van der Waals surface area contributed by atoms with Crippen LogP contribution >= 0.6 is 43.2 Å². The average molecular weight is 396 g/mol. The van der Waals surface area contributed by atoms with E-state index >= 15 is 0 Å². The Morgan fingerprint density at radius 3 is 2.56 bits per heavy atom. The summed E-state index contributed by atoms with van der Waals surface area (Å²) in [4.78, 5) is 14.3. The van der Waals surface area contributed by atoms with Gasteiger partial charge in [-0.15, -0.1) is 11.3 Å². The molecule has 1 aromatic heterocycles. The van der Waals surface area contributed by atoms with Gasteiger partial charge in [0.15, 0.2) is 0 Å². The Kier molecular flexibility index (Phi) is 4.52. The smallest absolute Gasteiger partial charge is 0.253 e. The Labute approximate surface area is 128 Å². The highest BCUT2D eigenvalue weighted by Gasteiger charge is 2.39. The van der Waals surface area contributed by atoms with Crippen molar-refractivity contribution in [3.63, 3.8) is 0 Å². The van der Waals surface area contributed by atoms with Crippen LogP contribution in [0, 0.1) is 0 Å². The lowest BCUT2D eigenvalue weighted by molar-refractivity contribution is 0.0557. The Hall–Kier alpha value is 0.0900. The number of carbonyl (C=O) groups is 1. The molecule has 1 fully saturated rings. The van der Waals surface area contributed by atoms with Crippen LogP contribution in [0.25, 0.3) is 0 Å². The topological polar surface area (TPSA) is 32.3 Å². The SMILES string of the molecule is CN(C)C1(CNC(=O)c2cc(Br)sc2Br)CCC1. The second-order valence-electron chi connectivity index (χ2n) is 4.89. The number of nitrogens with zero attached hydrogens (tertiary/aromatic N) is 1. The molecule has 2 rings (SSSR count). The molecule has 1 aliphatic carbocycles. The second-order valence-corrected chi connectivity index (χ2v) is 8.64. The van der Waals surface area contributed by atoms with E-state index in [4.69, 9.17) is 0 Å². The van der Waals surface area contributed by atoms with Gasteiger partial charge in [-0.2, -0.15) is 0 Å². The first-order chi connectivity index (χ1) is 8.44. The molecule has 100 valence electrons. The maximum Gasteiger partial charge on any atom is 0.253 e. The number of carbonyl (C=O) groups excluding carboxylic acids is 1. The fourth-order valence-corrected chi connectivity index (χ4v) is 5.00. The van der Waals surface area contributed by atoms with Crippen molar-refractivity contribution in [2.75, 3.05) is 20.6 Å². The molecule has 6 heteroatoms. The van der Waals surface area contributed by atoms with Crippen LogP contribution in [0.2, 0.25) is 0 Å². The van der Waals surface area contributed by atoms with Gasteiger partial charge in [-0.05, 0) is 71.3 Å². The van der Waals surface area contributed by atoms with Gasteiger partial charge < -0.3 is 10.2 Å². The number of hydrogen-bond donors (Lipinski definition) is 1. The third kappa shape index (κ3) is 2.81. The van der Waals surface area contributed by atoms with E-state index in [0.717, 1.165) is 27.0 Å². The first-order valence-corrected chi connectivity index (χ1v) is 8.25. The maximum atomic E-state index is 12.1. The Balaban J connectivity index is 1.98. The van der Waals surface area contributed by atoms with Crippen molar-refractivity contribution in [3.05, 3.63) is 19.2 Å². The number of likely N-dealkylation sites (N-methyl/N-ethyl adjacent to an activating group) is 1. The highest BCUT2D eigenvalue weighted by molar-refractivity contribution is 9.12. The minimum atomic E-state index is -0.00282. The van der Waals surface area contributed by atoms with Crippen LogP contribution < -0.4 is 5.32 Å². The molecule has 0 bridgehead atoms. The van der Waals surface area contributed by atoms with Gasteiger partial charge in [0.2, 0.25) is 0 Å². The van der Waals surface area contributed by atoms with E-state index in [1.807, 2.05) is 6.07 Å². The lowest BCUT2D eigenvalue weighted by Crippen LogP contribution is -2.57. The van der Waals surface area contributed by atoms with E-state index in [2.05, 4.69) is 56.2 Å². The highest BCUT2D eigenvalue weighted by atomic mass is 79.9. The number of thiophene rings is 1. The number of rotatable bonds is 4. The lowest BCUT2D eigenvalue weighted by Gasteiger charge is -2.47. The van der Waals surface area contributed by atoms with Crippen LogP contribution in [0.15, 0.2) is 13.6 Å². The molecule has 18 heavy (non-hydrogen) atoms. The lowest BCUT2D eigenvalue weighted by atomic mass is 9.75. The van der Waals surface area contributed by atoms with Gasteiger partial charge in [0.05, 0.1) is 13.1 Å². The number of halogens is 2. The fourth-order valence-electron chi connectivity index (χ4n) is 2.20. The van der Waals surface area contributed by atoms with Crippen molar-refractivity contribution in [2.45, 2.75) is 24.8 Å². The molecule has 0 unspecified atom stereocenters. The van der Waals surface area contributed by atoms with Crippen molar-refractivity contribution in [1.29, 1.82) is 0 Å². The molecule has 3 nitrogen and oxygen atoms in total. The van der Waals surface area contributed by atoms with Crippen LogP contribution in [0.4, 0.5) is 0 Å². The summed E-state index contributed by atoms with van der Waals surface area (Å²) in [6, 6.07) is 1.85. The standard InChI is InChI=1S/C12H16Br2N2OS/c1-16(2)12(4-3-5-12)7-15-11(17)8-6-9(13)18-10(8)14/h6H,3-5,7H2,1-2H3,(H,15,17). The summed E-state index contributed by atoms with van der Waals surface area (Å²) >= 11 is 8.32. The monoisotopic (exact) mass is 394 g/mol. The molecule has 0 atom stereocenters. The molecular weight excluding hydrogens is 380 g/mol. The van der Waals surface area contributed by atoms with Crippen LogP contribution in [-0.2, 0) is 0 Å².